The van der Waals surface area contributed by atoms with Gasteiger partial charge in [0.05, 0.1) is 0 Å². The van der Waals surface area contributed by atoms with E-state index in [-0.39, 0.29) is 5.41 Å². The highest BCUT2D eigenvalue weighted by Gasteiger charge is 2.19. The Morgan fingerprint density at radius 1 is 1.20 bits per heavy atom. The van der Waals surface area contributed by atoms with Crippen molar-refractivity contribution in [2.75, 3.05) is 13.6 Å². The normalized spacial score (nSPS) is 13.9. The van der Waals surface area contributed by atoms with Crippen molar-refractivity contribution < 1.29 is 0 Å². The van der Waals surface area contributed by atoms with Gasteiger partial charge in [-0.15, -0.1) is 0 Å². The molecule has 1 aromatic rings. The van der Waals surface area contributed by atoms with Gasteiger partial charge >= 0.3 is 0 Å². The monoisotopic (exact) mass is 205 g/mol. The number of likely N-dealkylation sites (N-methyl/N-ethyl adjacent to an activating group) is 1. The SMILES string of the molecule is CNCC(C)c1ccccc1C(C)(C)C. The van der Waals surface area contributed by atoms with E-state index in [1.54, 1.807) is 0 Å². The van der Waals surface area contributed by atoms with Crippen LogP contribution in [0.3, 0.4) is 0 Å². The van der Waals surface area contributed by atoms with E-state index in [4.69, 9.17) is 0 Å². The van der Waals surface area contributed by atoms with E-state index >= 15 is 0 Å². The zero-order valence-electron chi connectivity index (χ0n) is 10.6. The molecule has 0 aliphatic heterocycles. The fourth-order valence-electron chi connectivity index (χ4n) is 2.03. The van der Waals surface area contributed by atoms with Crippen LogP contribution in [0.4, 0.5) is 0 Å². The van der Waals surface area contributed by atoms with E-state index in [0.717, 1.165) is 6.54 Å². The lowest BCUT2D eigenvalue weighted by Crippen LogP contribution is -2.20. The van der Waals surface area contributed by atoms with Crippen LogP contribution in [-0.4, -0.2) is 13.6 Å². The summed E-state index contributed by atoms with van der Waals surface area (Å²) in [7, 11) is 2.01. The number of rotatable bonds is 3. The van der Waals surface area contributed by atoms with Gasteiger partial charge in [-0.2, -0.15) is 0 Å². The second-order valence-electron chi connectivity index (χ2n) is 5.30. The summed E-state index contributed by atoms with van der Waals surface area (Å²) < 4.78 is 0. The Labute approximate surface area is 93.9 Å². The van der Waals surface area contributed by atoms with E-state index in [9.17, 15) is 0 Å². The summed E-state index contributed by atoms with van der Waals surface area (Å²) in [5, 5.41) is 3.24. The van der Waals surface area contributed by atoms with E-state index in [1.807, 2.05) is 7.05 Å². The van der Waals surface area contributed by atoms with Crippen LogP contribution in [0.25, 0.3) is 0 Å². The standard InChI is InChI=1S/C14H23N/c1-11(10-15-5)12-8-6-7-9-13(12)14(2,3)4/h6-9,11,15H,10H2,1-5H3. The molecule has 0 aliphatic rings. The highest BCUT2D eigenvalue weighted by Crippen LogP contribution is 2.29. The van der Waals surface area contributed by atoms with Gasteiger partial charge < -0.3 is 5.32 Å². The van der Waals surface area contributed by atoms with Crippen LogP contribution in [0, 0.1) is 0 Å². The summed E-state index contributed by atoms with van der Waals surface area (Å²) in [4.78, 5) is 0. The second kappa shape index (κ2) is 4.80. The van der Waals surface area contributed by atoms with Gasteiger partial charge in [0.25, 0.3) is 0 Å². The number of hydrogen-bond acceptors (Lipinski definition) is 1. The van der Waals surface area contributed by atoms with Gasteiger partial charge in [-0.3, -0.25) is 0 Å². The Morgan fingerprint density at radius 2 is 1.80 bits per heavy atom. The molecular weight excluding hydrogens is 182 g/mol. The predicted octanol–water partition coefficient (Wildman–Crippen LogP) is 3.31. The quantitative estimate of drug-likeness (QED) is 0.798. The lowest BCUT2D eigenvalue weighted by molar-refractivity contribution is 0.567. The smallest absolute Gasteiger partial charge is 0.00145 e. The molecule has 0 spiro atoms. The summed E-state index contributed by atoms with van der Waals surface area (Å²) in [6.45, 7) is 10.1. The van der Waals surface area contributed by atoms with Crippen molar-refractivity contribution >= 4 is 0 Å². The van der Waals surface area contributed by atoms with Crippen molar-refractivity contribution in [2.24, 2.45) is 0 Å². The van der Waals surface area contributed by atoms with Gasteiger partial charge in [-0.1, -0.05) is 52.0 Å². The lowest BCUT2D eigenvalue weighted by Gasteiger charge is -2.25. The molecule has 1 N–H and O–H groups in total. The van der Waals surface area contributed by atoms with Crippen molar-refractivity contribution in [1.82, 2.24) is 5.32 Å². The summed E-state index contributed by atoms with van der Waals surface area (Å²) in [5.74, 6) is 0.574. The molecule has 0 fully saturated rings. The molecule has 1 atom stereocenters. The van der Waals surface area contributed by atoms with Crippen LogP contribution in [0.15, 0.2) is 24.3 Å². The summed E-state index contributed by atoms with van der Waals surface area (Å²) >= 11 is 0. The van der Waals surface area contributed by atoms with Crippen LogP contribution >= 0.6 is 0 Å². The minimum Gasteiger partial charge on any atom is -0.319 e. The van der Waals surface area contributed by atoms with E-state index in [2.05, 4.69) is 57.3 Å². The Morgan fingerprint density at radius 3 is 2.33 bits per heavy atom. The first-order valence-corrected chi connectivity index (χ1v) is 5.71. The maximum absolute atomic E-state index is 3.24. The van der Waals surface area contributed by atoms with Crippen LogP contribution in [-0.2, 0) is 5.41 Å². The van der Waals surface area contributed by atoms with Crippen molar-refractivity contribution in [3.8, 4) is 0 Å². The highest BCUT2D eigenvalue weighted by molar-refractivity contribution is 5.35. The molecule has 0 saturated carbocycles. The van der Waals surface area contributed by atoms with Crippen LogP contribution in [0.1, 0.15) is 44.7 Å². The molecule has 0 saturated heterocycles. The highest BCUT2D eigenvalue weighted by atomic mass is 14.8. The Kier molecular flexibility index (Phi) is 3.92. The van der Waals surface area contributed by atoms with Crippen molar-refractivity contribution in [3.63, 3.8) is 0 Å². The van der Waals surface area contributed by atoms with Gasteiger partial charge in [0.2, 0.25) is 0 Å². The molecule has 0 amide bonds. The fraction of sp³-hybridized carbons (Fsp3) is 0.571. The van der Waals surface area contributed by atoms with Gasteiger partial charge in [-0.25, -0.2) is 0 Å². The molecule has 0 bridgehead atoms. The molecule has 1 heteroatoms. The average Bonchev–Trinajstić information content (AvgIpc) is 2.17. The van der Waals surface area contributed by atoms with E-state index in [1.165, 1.54) is 11.1 Å². The minimum absolute atomic E-state index is 0.235. The summed E-state index contributed by atoms with van der Waals surface area (Å²) in [6, 6.07) is 8.77. The number of nitrogens with one attached hydrogen (secondary N) is 1. The topological polar surface area (TPSA) is 12.0 Å². The van der Waals surface area contributed by atoms with Crippen LogP contribution in [0.5, 0.6) is 0 Å². The summed E-state index contributed by atoms with van der Waals surface area (Å²) in [6.07, 6.45) is 0. The first-order valence-electron chi connectivity index (χ1n) is 5.71. The Bertz CT molecular complexity index is 309. The predicted molar refractivity (Wildman–Crippen MR) is 67.5 cm³/mol. The molecule has 0 radical (unpaired) electrons. The van der Waals surface area contributed by atoms with E-state index < -0.39 is 0 Å². The third kappa shape index (κ3) is 3.07. The Hall–Kier alpha value is -0.820. The van der Waals surface area contributed by atoms with Crippen molar-refractivity contribution in [3.05, 3.63) is 35.4 Å². The van der Waals surface area contributed by atoms with Gasteiger partial charge in [0.1, 0.15) is 0 Å². The van der Waals surface area contributed by atoms with Crippen molar-refractivity contribution in [1.29, 1.82) is 0 Å². The minimum atomic E-state index is 0.235. The van der Waals surface area contributed by atoms with Gasteiger partial charge in [0, 0.05) is 6.54 Å². The van der Waals surface area contributed by atoms with Gasteiger partial charge in [0.15, 0.2) is 0 Å². The molecule has 0 heterocycles. The first kappa shape index (κ1) is 12.3. The van der Waals surface area contributed by atoms with Crippen LogP contribution in [0.2, 0.25) is 0 Å². The van der Waals surface area contributed by atoms with Gasteiger partial charge in [-0.05, 0) is 29.5 Å². The number of hydrogen-bond donors (Lipinski definition) is 1. The van der Waals surface area contributed by atoms with Crippen LogP contribution < -0.4 is 5.32 Å². The zero-order chi connectivity index (χ0) is 11.5. The molecular formula is C14H23N. The Balaban J connectivity index is 3.06. The third-order valence-corrected chi connectivity index (χ3v) is 2.81. The third-order valence-electron chi connectivity index (χ3n) is 2.81. The van der Waals surface area contributed by atoms with Crippen molar-refractivity contribution in [2.45, 2.75) is 39.0 Å². The molecule has 1 rings (SSSR count). The lowest BCUT2D eigenvalue weighted by atomic mass is 9.80. The molecule has 1 aromatic carbocycles. The molecule has 1 nitrogen and oxygen atoms in total. The fourth-order valence-corrected chi connectivity index (χ4v) is 2.03. The average molecular weight is 205 g/mol. The maximum atomic E-state index is 3.24. The molecule has 0 aliphatic carbocycles. The largest absolute Gasteiger partial charge is 0.319 e. The first-order chi connectivity index (χ1) is 6.96. The summed E-state index contributed by atoms with van der Waals surface area (Å²) in [5.41, 5.74) is 3.17. The molecule has 1 unspecified atom stereocenters. The molecule has 84 valence electrons. The zero-order valence-corrected chi connectivity index (χ0v) is 10.6. The second-order valence-corrected chi connectivity index (χ2v) is 5.30. The van der Waals surface area contributed by atoms with E-state index in [0.29, 0.717) is 5.92 Å². The maximum Gasteiger partial charge on any atom is 0.00145 e. The number of benzene rings is 1. The molecule has 15 heavy (non-hydrogen) atoms. The molecule has 0 aromatic heterocycles.